The normalized spacial score (nSPS) is 12.6. The number of rotatable bonds is 8. The number of unbranched alkanes of at least 4 members (excludes halogenated alkanes) is 2. The number of allylic oxidation sites excluding steroid dienone is 1. The van der Waals surface area contributed by atoms with E-state index < -0.39 is 0 Å². The molecule has 0 aromatic heterocycles. The zero-order valence-electron chi connectivity index (χ0n) is 12.9. The molecular formula is C18H26O2. The van der Waals surface area contributed by atoms with Gasteiger partial charge in [-0.2, -0.15) is 0 Å². The van der Waals surface area contributed by atoms with Crippen LogP contribution in [-0.2, 0) is 4.74 Å². The van der Waals surface area contributed by atoms with Crippen molar-refractivity contribution in [2.45, 2.75) is 46.5 Å². The lowest BCUT2D eigenvalue weighted by Crippen LogP contribution is -2.03. The molecule has 0 fully saturated rings. The van der Waals surface area contributed by atoms with E-state index >= 15 is 0 Å². The zero-order valence-corrected chi connectivity index (χ0v) is 12.9. The van der Waals surface area contributed by atoms with Crippen molar-refractivity contribution in [1.29, 1.82) is 0 Å². The van der Waals surface area contributed by atoms with Crippen molar-refractivity contribution in [3.63, 3.8) is 0 Å². The number of hydrogen-bond donors (Lipinski definition) is 0. The van der Waals surface area contributed by atoms with Crippen molar-refractivity contribution in [2.75, 3.05) is 6.61 Å². The SMILES string of the molecule is CCCCC[C@H](C)/C=C/c1ccc(C(=O)OCC)cc1. The first-order chi connectivity index (χ1) is 9.67. The highest BCUT2D eigenvalue weighted by Gasteiger charge is 2.04. The average molecular weight is 274 g/mol. The van der Waals surface area contributed by atoms with Gasteiger partial charge in [0.15, 0.2) is 0 Å². The van der Waals surface area contributed by atoms with E-state index in [9.17, 15) is 4.79 Å². The maximum absolute atomic E-state index is 11.5. The number of carbonyl (C=O) groups excluding carboxylic acids is 1. The Morgan fingerprint density at radius 3 is 2.50 bits per heavy atom. The van der Waals surface area contributed by atoms with Crippen LogP contribution in [0.1, 0.15) is 62.4 Å². The summed E-state index contributed by atoms with van der Waals surface area (Å²) in [5, 5.41) is 0. The second-order valence-corrected chi connectivity index (χ2v) is 5.17. The van der Waals surface area contributed by atoms with Crippen LogP contribution < -0.4 is 0 Å². The van der Waals surface area contributed by atoms with Gasteiger partial charge in [-0.3, -0.25) is 0 Å². The predicted molar refractivity (Wildman–Crippen MR) is 84.7 cm³/mol. The highest BCUT2D eigenvalue weighted by Crippen LogP contribution is 2.13. The lowest BCUT2D eigenvalue weighted by Gasteiger charge is -2.05. The Morgan fingerprint density at radius 1 is 1.20 bits per heavy atom. The van der Waals surface area contributed by atoms with Gasteiger partial charge >= 0.3 is 5.97 Å². The summed E-state index contributed by atoms with van der Waals surface area (Å²) in [5.41, 5.74) is 1.74. The van der Waals surface area contributed by atoms with Crippen LogP contribution >= 0.6 is 0 Å². The van der Waals surface area contributed by atoms with Crippen LogP contribution in [0, 0.1) is 5.92 Å². The zero-order chi connectivity index (χ0) is 14.8. The minimum Gasteiger partial charge on any atom is -0.462 e. The Morgan fingerprint density at radius 2 is 1.90 bits per heavy atom. The second-order valence-electron chi connectivity index (χ2n) is 5.17. The standard InChI is InChI=1S/C18H26O2/c1-4-6-7-8-15(3)9-10-16-11-13-17(14-12-16)18(19)20-5-2/h9-15H,4-8H2,1-3H3/b10-9+/t15-/m0/s1. The third-order valence-electron chi connectivity index (χ3n) is 3.30. The first-order valence-electron chi connectivity index (χ1n) is 7.62. The fourth-order valence-corrected chi connectivity index (χ4v) is 2.03. The van der Waals surface area contributed by atoms with Crippen LogP contribution in [0.3, 0.4) is 0 Å². The Labute approximate surface area is 122 Å². The number of esters is 1. The highest BCUT2D eigenvalue weighted by molar-refractivity contribution is 5.89. The number of carbonyl (C=O) groups is 1. The largest absolute Gasteiger partial charge is 0.462 e. The maximum atomic E-state index is 11.5. The van der Waals surface area contributed by atoms with E-state index in [2.05, 4.69) is 26.0 Å². The molecule has 1 aromatic carbocycles. The molecule has 1 rings (SSSR count). The Hall–Kier alpha value is -1.57. The summed E-state index contributed by atoms with van der Waals surface area (Å²) in [7, 11) is 0. The summed E-state index contributed by atoms with van der Waals surface area (Å²) < 4.78 is 4.96. The van der Waals surface area contributed by atoms with Gasteiger partial charge in [0.05, 0.1) is 12.2 Å². The van der Waals surface area contributed by atoms with Gasteiger partial charge in [0.2, 0.25) is 0 Å². The summed E-state index contributed by atoms with van der Waals surface area (Å²) in [6, 6.07) is 7.56. The molecule has 0 unspecified atom stereocenters. The fourth-order valence-electron chi connectivity index (χ4n) is 2.03. The van der Waals surface area contributed by atoms with Crippen molar-refractivity contribution in [3.8, 4) is 0 Å². The van der Waals surface area contributed by atoms with Gasteiger partial charge in [0.1, 0.15) is 0 Å². The molecule has 2 nitrogen and oxygen atoms in total. The smallest absolute Gasteiger partial charge is 0.338 e. The highest BCUT2D eigenvalue weighted by atomic mass is 16.5. The maximum Gasteiger partial charge on any atom is 0.338 e. The van der Waals surface area contributed by atoms with Crippen LogP contribution in [0.4, 0.5) is 0 Å². The van der Waals surface area contributed by atoms with Gasteiger partial charge in [-0.1, -0.05) is 57.4 Å². The minimum absolute atomic E-state index is 0.254. The van der Waals surface area contributed by atoms with E-state index in [0.717, 1.165) is 5.56 Å². The molecule has 0 radical (unpaired) electrons. The first kappa shape index (κ1) is 16.5. The third-order valence-corrected chi connectivity index (χ3v) is 3.30. The van der Waals surface area contributed by atoms with E-state index in [1.54, 1.807) is 0 Å². The molecule has 0 aliphatic heterocycles. The lowest BCUT2D eigenvalue weighted by atomic mass is 10.0. The average Bonchev–Trinajstić information content (AvgIpc) is 2.46. The molecule has 0 N–H and O–H groups in total. The molecule has 0 aliphatic carbocycles. The van der Waals surface area contributed by atoms with Gasteiger partial charge in [0, 0.05) is 0 Å². The third kappa shape index (κ3) is 6.05. The van der Waals surface area contributed by atoms with E-state index in [0.29, 0.717) is 18.1 Å². The van der Waals surface area contributed by atoms with Gasteiger partial charge in [0.25, 0.3) is 0 Å². The predicted octanol–water partition coefficient (Wildman–Crippen LogP) is 5.09. The van der Waals surface area contributed by atoms with Gasteiger partial charge < -0.3 is 4.74 Å². The minimum atomic E-state index is -0.254. The summed E-state index contributed by atoms with van der Waals surface area (Å²) in [5.74, 6) is 0.349. The summed E-state index contributed by atoms with van der Waals surface area (Å²) in [4.78, 5) is 11.5. The summed E-state index contributed by atoms with van der Waals surface area (Å²) in [6.07, 6.45) is 9.49. The van der Waals surface area contributed by atoms with Crippen molar-refractivity contribution in [1.82, 2.24) is 0 Å². The Bertz CT molecular complexity index is 418. The van der Waals surface area contributed by atoms with Gasteiger partial charge in [-0.15, -0.1) is 0 Å². The van der Waals surface area contributed by atoms with Crippen LogP contribution in [0.5, 0.6) is 0 Å². The molecule has 20 heavy (non-hydrogen) atoms. The van der Waals surface area contributed by atoms with Crippen LogP contribution in [0.15, 0.2) is 30.3 Å². The Kier molecular flexibility index (Phi) is 7.71. The van der Waals surface area contributed by atoms with Gasteiger partial charge in [-0.25, -0.2) is 4.79 Å². The van der Waals surface area contributed by atoms with E-state index in [1.807, 2.05) is 31.2 Å². The lowest BCUT2D eigenvalue weighted by molar-refractivity contribution is 0.0526. The monoisotopic (exact) mass is 274 g/mol. The molecule has 0 saturated heterocycles. The van der Waals surface area contributed by atoms with Crippen molar-refractivity contribution < 1.29 is 9.53 Å². The van der Waals surface area contributed by atoms with Crippen LogP contribution in [-0.4, -0.2) is 12.6 Å². The molecule has 0 amide bonds. The van der Waals surface area contributed by atoms with Crippen molar-refractivity contribution in [2.24, 2.45) is 5.92 Å². The summed E-state index contributed by atoms with van der Waals surface area (Å²) in [6.45, 7) is 6.70. The van der Waals surface area contributed by atoms with Crippen molar-refractivity contribution in [3.05, 3.63) is 41.5 Å². The molecule has 2 heteroatoms. The molecule has 0 heterocycles. The first-order valence-corrected chi connectivity index (χ1v) is 7.62. The van der Waals surface area contributed by atoms with Crippen LogP contribution in [0.25, 0.3) is 6.08 Å². The van der Waals surface area contributed by atoms with Gasteiger partial charge in [-0.05, 0) is 37.0 Å². The quantitative estimate of drug-likeness (QED) is 0.487. The summed E-state index contributed by atoms with van der Waals surface area (Å²) >= 11 is 0. The molecule has 0 bridgehead atoms. The molecule has 0 aliphatic rings. The molecule has 1 atom stereocenters. The molecule has 0 saturated carbocycles. The topological polar surface area (TPSA) is 26.3 Å². The van der Waals surface area contributed by atoms with E-state index in [1.165, 1.54) is 25.7 Å². The molecule has 0 spiro atoms. The van der Waals surface area contributed by atoms with Crippen molar-refractivity contribution >= 4 is 12.0 Å². The molecular weight excluding hydrogens is 248 g/mol. The number of hydrogen-bond acceptors (Lipinski definition) is 2. The number of benzene rings is 1. The fraction of sp³-hybridized carbons (Fsp3) is 0.500. The number of ether oxygens (including phenoxy) is 1. The second kappa shape index (κ2) is 9.35. The Balaban J connectivity index is 2.50. The van der Waals surface area contributed by atoms with E-state index in [4.69, 9.17) is 4.74 Å². The molecule has 110 valence electrons. The van der Waals surface area contributed by atoms with Crippen LogP contribution in [0.2, 0.25) is 0 Å². The van der Waals surface area contributed by atoms with E-state index in [-0.39, 0.29) is 5.97 Å². The molecule has 1 aromatic rings.